The van der Waals surface area contributed by atoms with Gasteiger partial charge in [-0.3, -0.25) is 25.2 Å². The van der Waals surface area contributed by atoms with Gasteiger partial charge in [-0.05, 0) is 50.6 Å². The van der Waals surface area contributed by atoms with Gasteiger partial charge in [0.15, 0.2) is 11.5 Å². The molecule has 0 saturated carbocycles. The van der Waals surface area contributed by atoms with E-state index < -0.39 is 11.8 Å². The smallest absolute Gasteiger partial charge is 0.271 e. The second kappa shape index (κ2) is 9.30. The number of amides is 3. The lowest BCUT2D eigenvalue weighted by Crippen LogP contribution is -2.42. The summed E-state index contributed by atoms with van der Waals surface area (Å²) in [5.41, 5.74) is 5.95. The molecule has 1 aliphatic rings. The van der Waals surface area contributed by atoms with E-state index >= 15 is 0 Å². The van der Waals surface area contributed by atoms with Gasteiger partial charge in [0.05, 0.1) is 24.5 Å². The summed E-state index contributed by atoms with van der Waals surface area (Å²) >= 11 is 0. The molecular weight excluding hydrogens is 386 g/mol. The molecule has 0 radical (unpaired) electrons. The summed E-state index contributed by atoms with van der Waals surface area (Å²) in [7, 11) is 1.49. The predicted octanol–water partition coefficient (Wildman–Crippen LogP) is 2.68. The van der Waals surface area contributed by atoms with E-state index in [0.717, 1.165) is 6.42 Å². The molecule has 8 nitrogen and oxygen atoms in total. The molecule has 0 aliphatic carbocycles. The number of hydrazine groups is 1. The minimum absolute atomic E-state index is 0.0184. The molecule has 0 atom stereocenters. The van der Waals surface area contributed by atoms with Crippen LogP contribution in [0.2, 0.25) is 0 Å². The topological polar surface area (TPSA) is 97.0 Å². The molecule has 8 heteroatoms. The molecule has 3 amide bonds. The molecule has 2 N–H and O–H groups in total. The number of rotatable bonds is 6. The maximum Gasteiger partial charge on any atom is 0.271 e. The summed E-state index contributed by atoms with van der Waals surface area (Å²) in [6, 6.07) is 11.6. The third-order valence-corrected chi connectivity index (χ3v) is 4.59. The number of hydrogen-bond acceptors (Lipinski definition) is 5. The van der Waals surface area contributed by atoms with E-state index in [0.29, 0.717) is 41.3 Å². The Labute approximate surface area is 175 Å². The highest BCUT2D eigenvalue weighted by molar-refractivity contribution is 6.06. The molecule has 2 aromatic rings. The summed E-state index contributed by atoms with van der Waals surface area (Å²) in [6.07, 6.45) is 1.18. The van der Waals surface area contributed by atoms with Crippen molar-refractivity contribution < 1.29 is 23.9 Å². The number of carbonyl (C=O) groups is 3. The molecule has 1 aliphatic heterocycles. The van der Waals surface area contributed by atoms with Crippen molar-refractivity contribution in [1.82, 2.24) is 10.9 Å². The van der Waals surface area contributed by atoms with Crippen LogP contribution in [0.15, 0.2) is 42.5 Å². The minimum Gasteiger partial charge on any atom is -0.493 e. The molecule has 0 spiro atoms. The monoisotopic (exact) mass is 411 g/mol. The zero-order valence-electron chi connectivity index (χ0n) is 17.2. The Balaban J connectivity index is 1.70. The van der Waals surface area contributed by atoms with E-state index in [1.54, 1.807) is 41.3 Å². The Morgan fingerprint density at radius 2 is 1.77 bits per heavy atom. The standard InChI is InChI=1S/C22H25N3O5/c1-14(2)30-18-11-10-15(13-19(18)29-3)21(27)23-24-22(28)16-7-4-5-8-17(16)25-12-6-9-20(25)26/h4-5,7-8,10-11,13-14H,6,9,12H2,1-3H3,(H,23,27)(H,24,28). The molecule has 0 aromatic heterocycles. The third kappa shape index (κ3) is 4.71. The first kappa shape index (κ1) is 21.2. The van der Waals surface area contributed by atoms with Crippen molar-refractivity contribution >= 4 is 23.4 Å². The molecule has 0 bridgehead atoms. The van der Waals surface area contributed by atoms with E-state index in [2.05, 4.69) is 10.9 Å². The SMILES string of the molecule is COc1cc(C(=O)NNC(=O)c2ccccc2N2CCCC2=O)ccc1OC(C)C. The summed E-state index contributed by atoms with van der Waals surface area (Å²) < 4.78 is 10.9. The number of hydrogen-bond donors (Lipinski definition) is 2. The highest BCUT2D eigenvalue weighted by Crippen LogP contribution is 2.29. The van der Waals surface area contributed by atoms with Crippen molar-refractivity contribution in [2.45, 2.75) is 32.8 Å². The fraction of sp³-hybridized carbons (Fsp3) is 0.318. The Morgan fingerprint density at radius 1 is 1.03 bits per heavy atom. The first-order valence-electron chi connectivity index (χ1n) is 9.75. The largest absolute Gasteiger partial charge is 0.493 e. The van der Waals surface area contributed by atoms with Gasteiger partial charge in [0.2, 0.25) is 5.91 Å². The predicted molar refractivity (Wildman–Crippen MR) is 112 cm³/mol. The number of nitrogens with one attached hydrogen (secondary N) is 2. The van der Waals surface area contributed by atoms with E-state index in [1.807, 2.05) is 13.8 Å². The number of methoxy groups -OCH3 is 1. The average molecular weight is 411 g/mol. The molecule has 1 heterocycles. The van der Waals surface area contributed by atoms with Crippen LogP contribution in [0.1, 0.15) is 47.4 Å². The molecule has 2 aromatic carbocycles. The third-order valence-electron chi connectivity index (χ3n) is 4.59. The molecular formula is C22H25N3O5. The van der Waals surface area contributed by atoms with Gasteiger partial charge in [0.25, 0.3) is 11.8 Å². The van der Waals surface area contributed by atoms with E-state index in [4.69, 9.17) is 9.47 Å². The quantitative estimate of drug-likeness (QED) is 0.713. The van der Waals surface area contributed by atoms with Gasteiger partial charge in [0, 0.05) is 18.5 Å². The summed E-state index contributed by atoms with van der Waals surface area (Å²) in [6.45, 7) is 4.35. The maximum absolute atomic E-state index is 12.7. The Bertz CT molecular complexity index is 958. The second-order valence-electron chi connectivity index (χ2n) is 7.11. The average Bonchev–Trinajstić information content (AvgIpc) is 3.17. The maximum atomic E-state index is 12.7. The van der Waals surface area contributed by atoms with Crippen molar-refractivity contribution in [2.24, 2.45) is 0 Å². The summed E-state index contributed by atoms with van der Waals surface area (Å²) in [4.78, 5) is 38.8. The number of para-hydroxylation sites is 1. The van der Waals surface area contributed by atoms with Crippen molar-refractivity contribution in [1.29, 1.82) is 0 Å². The Morgan fingerprint density at radius 3 is 2.43 bits per heavy atom. The molecule has 1 fully saturated rings. The van der Waals surface area contributed by atoms with Crippen LogP contribution >= 0.6 is 0 Å². The van der Waals surface area contributed by atoms with Crippen molar-refractivity contribution in [2.75, 3.05) is 18.6 Å². The van der Waals surface area contributed by atoms with Crippen molar-refractivity contribution in [3.05, 3.63) is 53.6 Å². The van der Waals surface area contributed by atoms with E-state index in [9.17, 15) is 14.4 Å². The zero-order chi connectivity index (χ0) is 21.7. The van der Waals surface area contributed by atoms with Gasteiger partial charge in [-0.15, -0.1) is 0 Å². The lowest BCUT2D eigenvalue weighted by atomic mass is 10.1. The van der Waals surface area contributed by atoms with Crippen LogP contribution in [-0.4, -0.2) is 37.5 Å². The number of ether oxygens (including phenoxy) is 2. The lowest BCUT2D eigenvalue weighted by Gasteiger charge is -2.19. The highest BCUT2D eigenvalue weighted by Gasteiger charge is 2.25. The number of carbonyl (C=O) groups excluding carboxylic acids is 3. The van der Waals surface area contributed by atoms with Crippen LogP contribution in [0.25, 0.3) is 0 Å². The first-order chi connectivity index (χ1) is 14.4. The van der Waals surface area contributed by atoms with Gasteiger partial charge in [-0.2, -0.15) is 0 Å². The van der Waals surface area contributed by atoms with Crippen LogP contribution in [0.5, 0.6) is 11.5 Å². The number of anilines is 1. The van der Waals surface area contributed by atoms with Crippen LogP contribution in [-0.2, 0) is 4.79 Å². The second-order valence-corrected chi connectivity index (χ2v) is 7.11. The Hall–Kier alpha value is -3.55. The molecule has 158 valence electrons. The van der Waals surface area contributed by atoms with Gasteiger partial charge in [0.1, 0.15) is 0 Å². The summed E-state index contributed by atoms with van der Waals surface area (Å²) in [5.74, 6) is -0.0919. The van der Waals surface area contributed by atoms with Gasteiger partial charge < -0.3 is 14.4 Å². The van der Waals surface area contributed by atoms with E-state index in [-0.39, 0.29) is 12.0 Å². The first-order valence-corrected chi connectivity index (χ1v) is 9.75. The van der Waals surface area contributed by atoms with Gasteiger partial charge in [-0.1, -0.05) is 12.1 Å². The molecule has 0 unspecified atom stereocenters. The normalized spacial score (nSPS) is 13.3. The Kier molecular flexibility index (Phi) is 6.56. The minimum atomic E-state index is -0.509. The van der Waals surface area contributed by atoms with Gasteiger partial charge >= 0.3 is 0 Å². The van der Waals surface area contributed by atoms with E-state index in [1.165, 1.54) is 13.2 Å². The van der Waals surface area contributed by atoms with Crippen molar-refractivity contribution in [3.63, 3.8) is 0 Å². The van der Waals surface area contributed by atoms with Gasteiger partial charge in [-0.25, -0.2) is 0 Å². The number of nitrogens with zero attached hydrogens (tertiary/aromatic N) is 1. The molecule has 3 rings (SSSR count). The lowest BCUT2D eigenvalue weighted by molar-refractivity contribution is -0.117. The van der Waals surface area contributed by atoms with Crippen LogP contribution in [0, 0.1) is 0 Å². The van der Waals surface area contributed by atoms with Crippen LogP contribution < -0.4 is 25.2 Å². The summed E-state index contributed by atoms with van der Waals surface area (Å²) in [5, 5.41) is 0. The molecule has 1 saturated heterocycles. The molecule has 30 heavy (non-hydrogen) atoms. The zero-order valence-corrected chi connectivity index (χ0v) is 17.2. The van der Waals surface area contributed by atoms with Crippen molar-refractivity contribution in [3.8, 4) is 11.5 Å². The number of benzene rings is 2. The van der Waals surface area contributed by atoms with Crippen LogP contribution in [0.4, 0.5) is 5.69 Å². The fourth-order valence-corrected chi connectivity index (χ4v) is 3.22. The highest BCUT2D eigenvalue weighted by atomic mass is 16.5. The fourth-order valence-electron chi connectivity index (χ4n) is 3.22. The van der Waals surface area contributed by atoms with Crippen LogP contribution in [0.3, 0.4) is 0 Å².